The van der Waals surface area contributed by atoms with Crippen LogP contribution in [0.15, 0.2) is 18.2 Å². The Labute approximate surface area is 100 Å². The number of hydroxylamine groups is 2. The van der Waals surface area contributed by atoms with Gasteiger partial charge in [-0.2, -0.15) is 0 Å². The molecule has 0 saturated carbocycles. The maximum absolute atomic E-state index is 11.8. The lowest BCUT2D eigenvalue weighted by Gasteiger charge is -2.35. The Balaban J connectivity index is 2.90. The van der Waals surface area contributed by atoms with E-state index in [1.54, 1.807) is 18.2 Å². The standard InChI is InChI=1S/C11H15Cl2NO/c1-11(2,3)14(15)7-8-9(12)5-4-6-10(8)13/h4-6,14H,7H2,1-3H3. The molecule has 0 bridgehead atoms. The van der Waals surface area contributed by atoms with Gasteiger partial charge in [0.1, 0.15) is 6.54 Å². The largest absolute Gasteiger partial charge is 0.634 e. The van der Waals surface area contributed by atoms with Crippen LogP contribution in [0.5, 0.6) is 0 Å². The molecule has 0 amide bonds. The number of nitrogens with one attached hydrogen (secondary N) is 1. The fourth-order valence-electron chi connectivity index (χ4n) is 1.13. The Morgan fingerprint density at radius 3 is 2.07 bits per heavy atom. The van der Waals surface area contributed by atoms with Crippen molar-refractivity contribution in [3.8, 4) is 0 Å². The van der Waals surface area contributed by atoms with E-state index in [0.29, 0.717) is 16.6 Å². The molecule has 4 heteroatoms. The number of quaternary nitrogens is 1. The lowest BCUT2D eigenvalue weighted by atomic mass is 10.1. The Kier molecular flexibility index (Phi) is 4.01. The highest BCUT2D eigenvalue weighted by Gasteiger charge is 2.20. The minimum absolute atomic E-state index is 0.137. The number of halogens is 2. The summed E-state index contributed by atoms with van der Waals surface area (Å²) in [6, 6.07) is 5.27. The van der Waals surface area contributed by atoms with Gasteiger partial charge in [-0.1, -0.05) is 29.3 Å². The van der Waals surface area contributed by atoms with Crippen LogP contribution in [0, 0.1) is 5.21 Å². The number of hydrogen-bond donors (Lipinski definition) is 1. The van der Waals surface area contributed by atoms with Gasteiger partial charge < -0.3 is 10.3 Å². The SMILES string of the molecule is CC(C)(C)[NH+]([O-])Cc1c(Cl)cccc1Cl. The third-order valence-corrected chi connectivity index (χ3v) is 2.94. The molecule has 1 atom stereocenters. The van der Waals surface area contributed by atoms with Crippen molar-refractivity contribution in [2.45, 2.75) is 32.9 Å². The molecule has 0 aliphatic rings. The van der Waals surface area contributed by atoms with Crippen LogP contribution in [0.1, 0.15) is 26.3 Å². The predicted molar refractivity (Wildman–Crippen MR) is 64.2 cm³/mol. The molecule has 0 aromatic heterocycles. The van der Waals surface area contributed by atoms with Crippen molar-refractivity contribution in [2.24, 2.45) is 0 Å². The first-order valence-electron chi connectivity index (χ1n) is 4.78. The summed E-state index contributed by atoms with van der Waals surface area (Å²) in [6.45, 7) is 5.96. The van der Waals surface area contributed by atoms with Crippen LogP contribution < -0.4 is 5.06 Å². The first-order valence-corrected chi connectivity index (χ1v) is 5.54. The zero-order chi connectivity index (χ0) is 11.6. The molecule has 84 valence electrons. The molecule has 0 saturated heterocycles. The van der Waals surface area contributed by atoms with E-state index in [-0.39, 0.29) is 10.6 Å². The van der Waals surface area contributed by atoms with Crippen molar-refractivity contribution in [1.29, 1.82) is 0 Å². The summed E-state index contributed by atoms with van der Waals surface area (Å²) in [4.78, 5) is 0. The van der Waals surface area contributed by atoms with Crippen LogP contribution in [0.2, 0.25) is 10.0 Å². The van der Waals surface area contributed by atoms with Gasteiger partial charge in [0.2, 0.25) is 0 Å². The number of benzene rings is 1. The van der Waals surface area contributed by atoms with E-state index in [1.165, 1.54) is 0 Å². The Morgan fingerprint density at radius 1 is 1.20 bits per heavy atom. The van der Waals surface area contributed by atoms with Gasteiger partial charge in [-0.25, -0.2) is 0 Å². The topological polar surface area (TPSA) is 27.5 Å². The van der Waals surface area contributed by atoms with Gasteiger partial charge in [0.15, 0.2) is 0 Å². The average molecular weight is 248 g/mol. The average Bonchev–Trinajstić information content (AvgIpc) is 2.09. The van der Waals surface area contributed by atoms with Gasteiger partial charge in [0.05, 0.1) is 15.6 Å². The predicted octanol–water partition coefficient (Wildman–Crippen LogP) is 2.67. The molecular formula is C11H15Cl2NO. The molecule has 0 aliphatic heterocycles. The van der Waals surface area contributed by atoms with E-state index in [4.69, 9.17) is 23.2 Å². The third-order valence-electron chi connectivity index (χ3n) is 2.24. The normalized spacial score (nSPS) is 14.0. The number of rotatable bonds is 2. The van der Waals surface area contributed by atoms with E-state index in [1.807, 2.05) is 20.8 Å². The molecule has 1 N–H and O–H groups in total. The quantitative estimate of drug-likeness (QED) is 0.800. The minimum atomic E-state index is -0.359. The first kappa shape index (κ1) is 12.8. The maximum atomic E-state index is 11.8. The molecule has 15 heavy (non-hydrogen) atoms. The van der Waals surface area contributed by atoms with Crippen molar-refractivity contribution in [1.82, 2.24) is 0 Å². The summed E-state index contributed by atoms with van der Waals surface area (Å²) in [6.07, 6.45) is 0. The molecule has 1 aromatic carbocycles. The molecule has 0 heterocycles. The third kappa shape index (κ3) is 3.35. The highest BCUT2D eigenvalue weighted by atomic mass is 35.5. The van der Waals surface area contributed by atoms with Crippen molar-refractivity contribution >= 4 is 23.2 Å². The highest BCUT2D eigenvalue weighted by Crippen LogP contribution is 2.23. The van der Waals surface area contributed by atoms with Crippen molar-refractivity contribution in [2.75, 3.05) is 0 Å². The maximum Gasteiger partial charge on any atom is 0.106 e. The van der Waals surface area contributed by atoms with Gasteiger partial charge in [0, 0.05) is 5.56 Å². The molecule has 1 aromatic rings. The minimum Gasteiger partial charge on any atom is -0.634 e. The Bertz CT molecular complexity index is 327. The smallest absolute Gasteiger partial charge is 0.106 e. The van der Waals surface area contributed by atoms with Crippen LogP contribution in [-0.2, 0) is 6.54 Å². The molecule has 1 unspecified atom stereocenters. The second kappa shape index (κ2) is 4.71. The molecular weight excluding hydrogens is 233 g/mol. The second-order valence-electron chi connectivity index (χ2n) is 4.55. The van der Waals surface area contributed by atoms with Crippen LogP contribution in [0.25, 0.3) is 0 Å². The summed E-state index contributed by atoms with van der Waals surface area (Å²) in [5.74, 6) is 0. The molecule has 0 spiro atoms. The Hall–Kier alpha value is -0.280. The van der Waals surface area contributed by atoms with Gasteiger partial charge in [-0.15, -0.1) is 0 Å². The van der Waals surface area contributed by atoms with Gasteiger partial charge >= 0.3 is 0 Å². The fourth-order valence-corrected chi connectivity index (χ4v) is 1.66. The van der Waals surface area contributed by atoms with Gasteiger partial charge in [0.25, 0.3) is 0 Å². The Morgan fingerprint density at radius 2 is 1.67 bits per heavy atom. The molecule has 1 rings (SSSR count). The first-order chi connectivity index (χ1) is 6.82. The zero-order valence-electron chi connectivity index (χ0n) is 9.10. The van der Waals surface area contributed by atoms with Crippen molar-refractivity contribution < 1.29 is 5.06 Å². The van der Waals surface area contributed by atoms with Gasteiger partial charge in [-0.05, 0) is 32.9 Å². The van der Waals surface area contributed by atoms with Crippen molar-refractivity contribution in [3.63, 3.8) is 0 Å². The van der Waals surface area contributed by atoms with Crippen LogP contribution in [0.3, 0.4) is 0 Å². The summed E-state index contributed by atoms with van der Waals surface area (Å²) in [7, 11) is 0. The van der Waals surface area contributed by atoms with Crippen LogP contribution in [0.4, 0.5) is 0 Å². The van der Waals surface area contributed by atoms with Crippen LogP contribution >= 0.6 is 23.2 Å². The van der Waals surface area contributed by atoms with Gasteiger partial charge in [-0.3, -0.25) is 0 Å². The van der Waals surface area contributed by atoms with Crippen LogP contribution in [-0.4, -0.2) is 5.54 Å². The van der Waals surface area contributed by atoms with E-state index < -0.39 is 0 Å². The summed E-state index contributed by atoms with van der Waals surface area (Å²) in [5.41, 5.74) is 0.364. The molecule has 0 fully saturated rings. The monoisotopic (exact) mass is 247 g/mol. The zero-order valence-corrected chi connectivity index (χ0v) is 10.6. The molecule has 0 radical (unpaired) electrons. The fraction of sp³-hybridized carbons (Fsp3) is 0.455. The lowest BCUT2D eigenvalue weighted by molar-refractivity contribution is -0.911. The van der Waals surface area contributed by atoms with E-state index >= 15 is 0 Å². The summed E-state index contributed by atoms with van der Waals surface area (Å²) < 4.78 is 0. The van der Waals surface area contributed by atoms with Crippen molar-refractivity contribution in [3.05, 3.63) is 39.0 Å². The van der Waals surface area contributed by atoms with E-state index in [0.717, 1.165) is 5.56 Å². The van der Waals surface area contributed by atoms with E-state index in [2.05, 4.69) is 0 Å². The summed E-state index contributed by atoms with van der Waals surface area (Å²) in [5, 5.41) is 13.1. The molecule has 2 nitrogen and oxygen atoms in total. The second-order valence-corrected chi connectivity index (χ2v) is 5.36. The lowest BCUT2D eigenvalue weighted by Crippen LogP contribution is -3.13. The number of hydrogen-bond acceptors (Lipinski definition) is 1. The van der Waals surface area contributed by atoms with E-state index in [9.17, 15) is 5.21 Å². The highest BCUT2D eigenvalue weighted by molar-refractivity contribution is 6.35. The molecule has 0 aliphatic carbocycles. The summed E-state index contributed by atoms with van der Waals surface area (Å²) >= 11 is 12.0.